The van der Waals surface area contributed by atoms with Crippen LogP contribution in [-0.2, 0) is 10.2 Å². The molecule has 1 saturated carbocycles. The Morgan fingerprint density at radius 2 is 1.91 bits per heavy atom. The molecule has 1 aliphatic heterocycles. The van der Waals surface area contributed by atoms with Gasteiger partial charge in [0.1, 0.15) is 5.75 Å². The van der Waals surface area contributed by atoms with Crippen molar-refractivity contribution < 1.29 is 9.53 Å². The zero-order valence-electron chi connectivity index (χ0n) is 13.1. The van der Waals surface area contributed by atoms with Crippen molar-refractivity contribution in [1.29, 1.82) is 0 Å². The highest BCUT2D eigenvalue weighted by atomic mass is 35.5. The number of hydrogen-bond donors (Lipinski definition) is 2. The molecule has 0 radical (unpaired) electrons. The van der Waals surface area contributed by atoms with Crippen LogP contribution >= 0.6 is 12.4 Å². The van der Waals surface area contributed by atoms with Crippen LogP contribution in [0.25, 0.3) is 0 Å². The van der Waals surface area contributed by atoms with Gasteiger partial charge in [0.15, 0.2) is 0 Å². The van der Waals surface area contributed by atoms with E-state index in [2.05, 4.69) is 22.8 Å². The molecule has 3 rings (SSSR count). The first-order valence-corrected chi connectivity index (χ1v) is 7.88. The van der Waals surface area contributed by atoms with Crippen LogP contribution in [0.5, 0.6) is 5.75 Å². The van der Waals surface area contributed by atoms with Crippen LogP contribution in [0.4, 0.5) is 0 Å². The SMILES string of the molecule is COc1ccc(C2(C(=O)NCC3CNC3)CCCC2)cc1.Cl. The molecule has 1 amide bonds. The molecule has 1 heterocycles. The smallest absolute Gasteiger partial charge is 0.230 e. The van der Waals surface area contributed by atoms with E-state index in [-0.39, 0.29) is 23.7 Å². The number of amides is 1. The quantitative estimate of drug-likeness (QED) is 0.873. The minimum absolute atomic E-state index is 0. The average molecular weight is 325 g/mol. The van der Waals surface area contributed by atoms with Gasteiger partial charge in [0.2, 0.25) is 5.91 Å². The lowest BCUT2D eigenvalue weighted by Crippen LogP contribution is -2.51. The molecule has 1 saturated heterocycles. The summed E-state index contributed by atoms with van der Waals surface area (Å²) in [7, 11) is 1.67. The molecule has 0 atom stereocenters. The van der Waals surface area contributed by atoms with Gasteiger partial charge in [-0.25, -0.2) is 0 Å². The van der Waals surface area contributed by atoms with Crippen LogP contribution in [0, 0.1) is 5.92 Å². The van der Waals surface area contributed by atoms with E-state index in [1.165, 1.54) is 0 Å². The Kier molecular flexibility index (Phi) is 5.70. The molecule has 1 aromatic rings. The van der Waals surface area contributed by atoms with Crippen molar-refractivity contribution in [3.8, 4) is 5.75 Å². The Morgan fingerprint density at radius 3 is 2.41 bits per heavy atom. The molecule has 22 heavy (non-hydrogen) atoms. The maximum Gasteiger partial charge on any atom is 0.230 e. The van der Waals surface area contributed by atoms with Gasteiger partial charge in [-0.3, -0.25) is 4.79 Å². The van der Waals surface area contributed by atoms with Crippen molar-refractivity contribution in [2.45, 2.75) is 31.1 Å². The first-order valence-electron chi connectivity index (χ1n) is 7.88. The van der Waals surface area contributed by atoms with E-state index in [1.54, 1.807) is 7.11 Å². The summed E-state index contributed by atoms with van der Waals surface area (Å²) in [4.78, 5) is 12.8. The highest BCUT2D eigenvalue weighted by Gasteiger charge is 2.42. The minimum atomic E-state index is -0.330. The fourth-order valence-electron chi connectivity index (χ4n) is 3.43. The third-order valence-corrected chi connectivity index (χ3v) is 4.95. The van der Waals surface area contributed by atoms with Gasteiger partial charge in [-0.15, -0.1) is 12.4 Å². The molecule has 0 aromatic heterocycles. The number of nitrogens with one attached hydrogen (secondary N) is 2. The van der Waals surface area contributed by atoms with Gasteiger partial charge < -0.3 is 15.4 Å². The Morgan fingerprint density at radius 1 is 1.27 bits per heavy atom. The Labute approximate surface area is 138 Å². The first-order chi connectivity index (χ1) is 10.2. The number of carbonyl (C=O) groups excluding carboxylic acids is 1. The molecule has 122 valence electrons. The van der Waals surface area contributed by atoms with Gasteiger partial charge in [-0.05, 0) is 30.5 Å². The fraction of sp³-hybridized carbons (Fsp3) is 0.588. The predicted octanol–water partition coefficient (Wildman–Crippen LogP) is 2.26. The van der Waals surface area contributed by atoms with Crippen molar-refractivity contribution in [3.05, 3.63) is 29.8 Å². The third-order valence-electron chi connectivity index (χ3n) is 4.95. The zero-order valence-corrected chi connectivity index (χ0v) is 13.9. The number of halogens is 1. The molecule has 2 N–H and O–H groups in total. The minimum Gasteiger partial charge on any atom is -0.497 e. The highest BCUT2D eigenvalue weighted by Crippen LogP contribution is 2.41. The van der Waals surface area contributed by atoms with E-state index < -0.39 is 0 Å². The van der Waals surface area contributed by atoms with Crippen LogP contribution in [0.2, 0.25) is 0 Å². The fourth-order valence-corrected chi connectivity index (χ4v) is 3.43. The second-order valence-corrected chi connectivity index (χ2v) is 6.25. The summed E-state index contributed by atoms with van der Waals surface area (Å²) in [5, 5.41) is 6.43. The molecular weight excluding hydrogens is 300 g/mol. The average Bonchev–Trinajstić information content (AvgIpc) is 2.96. The first kappa shape index (κ1) is 17.1. The van der Waals surface area contributed by atoms with E-state index in [0.29, 0.717) is 5.92 Å². The second kappa shape index (κ2) is 7.34. The summed E-state index contributed by atoms with van der Waals surface area (Å²) < 4.78 is 5.22. The molecule has 0 spiro atoms. The highest BCUT2D eigenvalue weighted by molar-refractivity contribution is 5.88. The van der Waals surface area contributed by atoms with Gasteiger partial charge >= 0.3 is 0 Å². The molecule has 1 aliphatic carbocycles. The molecule has 2 aliphatic rings. The summed E-state index contributed by atoms with van der Waals surface area (Å²) in [6, 6.07) is 8.01. The zero-order chi connectivity index (χ0) is 14.7. The van der Waals surface area contributed by atoms with Crippen molar-refractivity contribution >= 4 is 18.3 Å². The summed E-state index contributed by atoms with van der Waals surface area (Å²) in [5.74, 6) is 1.65. The standard InChI is InChI=1S/C17H24N2O2.ClH/c1-21-15-6-4-14(5-7-15)17(8-2-3-9-17)16(20)19-12-13-10-18-11-13;/h4-7,13,18H,2-3,8-12H2,1H3,(H,19,20);1H. The Balaban J connectivity index is 0.00000176. The van der Waals surface area contributed by atoms with Crippen molar-refractivity contribution in [3.63, 3.8) is 0 Å². The normalized spacial score (nSPS) is 19.9. The van der Waals surface area contributed by atoms with Crippen molar-refractivity contribution in [2.75, 3.05) is 26.7 Å². The number of rotatable bonds is 5. The number of methoxy groups -OCH3 is 1. The molecule has 4 nitrogen and oxygen atoms in total. The molecule has 1 aromatic carbocycles. The van der Waals surface area contributed by atoms with Crippen LogP contribution < -0.4 is 15.4 Å². The summed E-state index contributed by atoms with van der Waals surface area (Å²) >= 11 is 0. The molecule has 2 fully saturated rings. The maximum absolute atomic E-state index is 12.8. The van der Waals surface area contributed by atoms with Gasteiger partial charge in [-0.1, -0.05) is 25.0 Å². The summed E-state index contributed by atoms with van der Waals surface area (Å²) in [5.41, 5.74) is 0.800. The molecule has 5 heteroatoms. The van der Waals surface area contributed by atoms with E-state index in [0.717, 1.165) is 56.6 Å². The summed E-state index contributed by atoms with van der Waals surface area (Å²) in [6.45, 7) is 2.84. The van der Waals surface area contributed by atoms with Gasteiger partial charge in [0.05, 0.1) is 12.5 Å². The second-order valence-electron chi connectivity index (χ2n) is 6.25. The van der Waals surface area contributed by atoms with E-state index >= 15 is 0 Å². The van der Waals surface area contributed by atoms with Gasteiger partial charge in [-0.2, -0.15) is 0 Å². The van der Waals surface area contributed by atoms with Crippen molar-refractivity contribution in [2.24, 2.45) is 5.92 Å². The number of ether oxygens (including phenoxy) is 1. The van der Waals surface area contributed by atoms with Gasteiger partial charge in [0, 0.05) is 25.6 Å². The maximum atomic E-state index is 12.8. The van der Waals surface area contributed by atoms with Crippen LogP contribution in [-0.4, -0.2) is 32.7 Å². The van der Waals surface area contributed by atoms with Crippen LogP contribution in [0.1, 0.15) is 31.2 Å². The monoisotopic (exact) mass is 324 g/mol. The number of carbonyl (C=O) groups is 1. The van der Waals surface area contributed by atoms with E-state index in [9.17, 15) is 4.79 Å². The topological polar surface area (TPSA) is 50.4 Å². The summed E-state index contributed by atoms with van der Waals surface area (Å²) in [6.07, 6.45) is 4.16. The van der Waals surface area contributed by atoms with Gasteiger partial charge in [0.25, 0.3) is 0 Å². The predicted molar refractivity (Wildman–Crippen MR) is 89.8 cm³/mol. The Bertz CT molecular complexity index is 494. The van der Waals surface area contributed by atoms with Crippen molar-refractivity contribution in [1.82, 2.24) is 10.6 Å². The number of hydrogen-bond acceptors (Lipinski definition) is 3. The number of benzene rings is 1. The lowest BCUT2D eigenvalue weighted by Gasteiger charge is -2.32. The molecular formula is C17H25ClN2O2. The Hall–Kier alpha value is -1.26. The lowest BCUT2D eigenvalue weighted by atomic mass is 9.78. The van der Waals surface area contributed by atoms with E-state index in [1.807, 2.05) is 12.1 Å². The largest absolute Gasteiger partial charge is 0.497 e. The lowest BCUT2D eigenvalue weighted by molar-refractivity contribution is -0.126. The van der Waals surface area contributed by atoms with Crippen LogP contribution in [0.3, 0.4) is 0 Å². The van der Waals surface area contributed by atoms with Crippen LogP contribution in [0.15, 0.2) is 24.3 Å². The van der Waals surface area contributed by atoms with E-state index in [4.69, 9.17) is 4.74 Å². The third kappa shape index (κ3) is 3.23. The molecule has 0 unspecified atom stereocenters. The molecule has 0 bridgehead atoms.